The van der Waals surface area contributed by atoms with Crippen molar-refractivity contribution in [2.75, 3.05) is 6.54 Å². The van der Waals surface area contributed by atoms with Gasteiger partial charge in [0.2, 0.25) is 0 Å². The summed E-state index contributed by atoms with van der Waals surface area (Å²) in [6.45, 7) is 9.00. The molecule has 0 radical (unpaired) electrons. The van der Waals surface area contributed by atoms with Crippen LogP contribution >= 0.6 is 0 Å². The van der Waals surface area contributed by atoms with Gasteiger partial charge in [-0.2, -0.15) is 0 Å². The van der Waals surface area contributed by atoms with Crippen LogP contribution in [0.15, 0.2) is 0 Å². The molecule has 0 unspecified atom stereocenters. The lowest BCUT2D eigenvalue weighted by molar-refractivity contribution is 0.232. The van der Waals surface area contributed by atoms with Crippen LogP contribution in [-0.4, -0.2) is 18.1 Å². The summed E-state index contributed by atoms with van der Waals surface area (Å²) in [6.07, 6.45) is 10.4. The lowest BCUT2D eigenvalue weighted by atomic mass is 10.1. The summed E-state index contributed by atoms with van der Waals surface area (Å²) >= 11 is 0. The van der Waals surface area contributed by atoms with Crippen molar-refractivity contribution in [2.24, 2.45) is 0 Å². The van der Waals surface area contributed by atoms with E-state index in [2.05, 4.69) is 17.6 Å². The van der Waals surface area contributed by atoms with Crippen LogP contribution in [0, 0.1) is 0 Å². The predicted molar refractivity (Wildman–Crippen MR) is 78.9 cm³/mol. The molecule has 2 amide bonds. The maximum Gasteiger partial charge on any atom is 0.315 e. The molecular weight excluding hydrogens is 224 g/mol. The highest BCUT2D eigenvalue weighted by molar-refractivity contribution is 5.74. The highest BCUT2D eigenvalue weighted by atomic mass is 16.2. The molecule has 3 nitrogen and oxygen atoms in total. The second-order valence-electron chi connectivity index (χ2n) is 6.11. The molecule has 2 N–H and O–H groups in total. The van der Waals surface area contributed by atoms with E-state index in [9.17, 15) is 4.79 Å². The first kappa shape index (κ1) is 17.3. The Morgan fingerprint density at radius 3 is 1.89 bits per heavy atom. The Labute approximate surface area is 113 Å². The van der Waals surface area contributed by atoms with Gasteiger partial charge in [-0.25, -0.2) is 4.79 Å². The maximum atomic E-state index is 11.4. The van der Waals surface area contributed by atoms with Crippen molar-refractivity contribution in [3.05, 3.63) is 0 Å². The number of hydrogen-bond donors (Lipinski definition) is 2. The van der Waals surface area contributed by atoms with Gasteiger partial charge in [0.25, 0.3) is 0 Å². The highest BCUT2D eigenvalue weighted by Gasteiger charge is 2.12. The van der Waals surface area contributed by atoms with Crippen LogP contribution < -0.4 is 10.6 Å². The zero-order valence-corrected chi connectivity index (χ0v) is 12.8. The zero-order chi connectivity index (χ0) is 13.9. The highest BCUT2D eigenvalue weighted by Crippen LogP contribution is 2.07. The number of amides is 2. The Balaban J connectivity index is 3.23. The first-order valence-electron chi connectivity index (χ1n) is 7.51. The van der Waals surface area contributed by atoms with Gasteiger partial charge in [-0.3, -0.25) is 0 Å². The van der Waals surface area contributed by atoms with E-state index in [1.54, 1.807) is 0 Å². The number of nitrogens with one attached hydrogen (secondary N) is 2. The molecule has 0 rings (SSSR count). The first-order chi connectivity index (χ1) is 8.45. The van der Waals surface area contributed by atoms with E-state index < -0.39 is 0 Å². The van der Waals surface area contributed by atoms with Crippen molar-refractivity contribution in [3.63, 3.8) is 0 Å². The summed E-state index contributed by atoms with van der Waals surface area (Å²) in [5.74, 6) is 0. The van der Waals surface area contributed by atoms with E-state index in [-0.39, 0.29) is 11.6 Å². The number of rotatable bonds is 9. The molecule has 0 saturated heterocycles. The SMILES string of the molecule is CCCCCCCCCCNC(=O)NC(C)(C)C. The van der Waals surface area contributed by atoms with Gasteiger partial charge in [0.15, 0.2) is 0 Å². The summed E-state index contributed by atoms with van der Waals surface area (Å²) in [6, 6.07) is -0.0505. The Kier molecular flexibility index (Phi) is 9.80. The third-order valence-corrected chi connectivity index (χ3v) is 2.80. The topological polar surface area (TPSA) is 41.1 Å². The predicted octanol–water partition coefficient (Wildman–Crippen LogP) is 4.22. The number of urea groups is 1. The minimum Gasteiger partial charge on any atom is -0.338 e. The van der Waals surface area contributed by atoms with Crippen molar-refractivity contribution in [1.82, 2.24) is 10.6 Å². The molecule has 0 heterocycles. The fourth-order valence-electron chi connectivity index (χ4n) is 1.85. The summed E-state index contributed by atoms with van der Waals surface area (Å²) in [5, 5.41) is 5.79. The molecule has 3 heteroatoms. The van der Waals surface area contributed by atoms with E-state index >= 15 is 0 Å². The molecular formula is C15H32N2O. The third kappa shape index (κ3) is 13.3. The van der Waals surface area contributed by atoms with Crippen molar-refractivity contribution >= 4 is 6.03 Å². The van der Waals surface area contributed by atoms with Crippen molar-refractivity contribution in [2.45, 2.75) is 84.6 Å². The molecule has 0 aromatic rings. The van der Waals surface area contributed by atoms with Crippen LogP contribution in [-0.2, 0) is 0 Å². The van der Waals surface area contributed by atoms with Gasteiger partial charge in [0, 0.05) is 12.1 Å². The van der Waals surface area contributed by atoms with Gasteiger partial charge in [0.05, 0.1) is 0 Å². The Morgan fingerprint density at radius 2 is 1.39 bits per heavy atom. The largest absolute Gasteiger partial charge is 0.338 e. The van der Waals surface area contributed by atoms with Crippen molar-refractivity contribution < 1.29 is 4.79 Å². The van der Waals surface area contributed by atoms with Crippen LogP contribution in [0.2, 0.25) is 0 Å². The maximum absolute atomic E-state index is 11.4. The van der Waals surface area contributed by atoms with Crippen LogP contribution in [0.1, 0.15) is 79.1 Å². The average molecular weight is 256 g/mol. The Morgan fingerprint density at radius 1 is 0.889 bits per heavy atom. The third-order valence-electron chi connectivity index (χ3n) is 2.80. The molecule has 0 spiro atoms. The number of hydrogen-bond acceptors (Lipinski definition) is 1. The fraction of sp³-hybridized carbons (Fsp3) is 0.933. The second kappa shape index (κ2) is 10.2. The summed E-state index contributed by atoms with van der Waals surface area (Å²) in [7, 11) is 0. The molecule has 0 aromatic carbocycles. The summed E-state index contributed by atoms with van der Waals surface area (Å²) in [4.78, 5) is 11.4. The molecule has 0 aromatic heterocycles. The average Bonchev–Trinajstić information content (AvgIpc) is 2.24. The Bertz CT molecular complexity index is 209. The minimum atomic E-state index is -0.149. The molecule has 0 fully saturated rings. The zero-order valence-electron chi connectivity index (χ0n) is 12.8. The fourth-order valence-corrected chi connectivity index (χ4v) is 1.85. The van der Waals surface area contributed by atoms with Crippen molar-refractivity contribution in [3.8, 4) is 0 Å². The van der Waals surface area contributed by atoms with E-state index in [1.165, 1.54) is 44.9 Å². The summed E-state index contributed by atoms with van der Waals surface area (Å²) in [5.41, 5.74) is -0.149. The van der Waals surface area contributed by atoms with Crippen LogP contribution in [0.5, 0.6) is 0 Å². The molecule has 0 aliphatic carbocycles. The molecule has 18 heavy (non-hydrogen) atoms. The first-order valence-corrected chi connectivity index (χ1v) is 7.51. The second-order valence-corrected chi connectivity index (χ2v) is 6.11. The lowest BCUT2D eigenvalue weighted by Crippen LogP contribution is -2.46. The smallest absolute Gasteiger partial charge is 0.315 e. The molecule has 0 saturated carbocycles. The van der Waals surface area contributed by atoms with Gasteiger partial charge < -0.3 is 10.6 Å². The quantitative estimate of drug-likeness (QED) is 0.596. The summed E-state index contributed by atoms with van der Waals surface area (Å²) < 4.78 is 0. The normalized spacial score (nSPS) is 11.3. The van der Waals surface area contributed by atoms with Crippen LogP contribution in [0.25, 0.3) is 0 Å². The molecule has 0 bridgehead atoms. The van der Waals surface area contributed by atoms with E-state index in [0.29, 0.717) is 0 Å². The van der Waals surface area contributed by atoms with Crippen LogP contribution in [0.4, 0.5) is 4.79 Å². The van der Waals surface area contributed by atoms with Gasteiger partial charge >= 0.3 is 6.03 Å². The molecule has 0 atom stereocenters. The van der Waals surface area contributed by atoms with Gasteiger partial charge in [-0.05, 0) is 27.2 Å². The number of carbonyl (C=O) groups is 1. The lowest BCUT2D eigenvalue weighted by Gasteiger charge is -2.20. The van der Waals surface area contributed by atoms with E-state index in [4.69, 9.17) is 0 Å². The number of carbonyl (C=O) groups excluding carboxylic acids is 1. The van der Waals surface area contributed by atoms with Gasteiger partial charge in [-0.1, -0.05) is 51.9 Å². The minimum absolute atomic E-state index is 0.0505. The molecule has 0 aliphatic heterocycles. The standard InChI is InChI=1S/C15H32N2O/c1-5-6-7-8-9-10-11-12-13-16-14(18)17-15(2,3)4/h5-13H2,1-4H3,(H2,16,17,18). The Hall–Kier alpha value is -0.730. The molecule has 0 aliphatic rings. The molecule has 108 valence electrons. The van der Waals surface area contributed by atoms with E-state index in [0.717, 1.165) is 13.0 Å². The van der Waals surface area contributed by atoms with Gasteiger partial charge in [0.1, 0.15) is 0 Å². The van der Waals surface area contributed by atoms with E-state index in [1.807, 2.05) is 20.8 Å². The number of unbranched alkanes of at least 4 members (excludes halogenated alkanes) is 7. The van der Waals surface area contributed by atoms with Crippen LogP contribution in [0.3, 0.4) is 0 Å². The van der Waals surface area contributed by atoms with Crippen molar-refractivity contribution in [1.29, 1.82) is 0 Å². The monoisotopic (exact) mass is 256 g/mol. The van der Waals surface area contributed by atoms with Gasteiger partial charge in [-0.15, -0.1) is 0 Å².